The Kier molecular flexibility index (Phi) is 25.3. The number of rotatable bonds is 15. The summed E-state index contributed by atoms with van der Waals surface area (Å²) in [4.78, 5) is 17.4. The summed E-state index contributed by atoms with van der Waals surface area (Å²) in [5.41, 5.74) is 6.99. The van der Waals surface area contributed by atoms with Crippen molar-refractivity contribution in [2.24, 2.45) is 0 Å². The zero-order valence-electron chi connectivity index (χ0n) is 24.1. The van der Waals surface area contributed by atoms with E-state index in [9.17, 15) is 9.90 Å². The zero-order chi connectivity index (χ0) is 29.2. The highest BCUT2D eigenvalue weighted by Gasteiger charge is 2.13. The Bertz CT molecular complexity index is 856. The molecule has 2 aromatic rings. The number of aryl methyl sites for hydroxylation is 3. The number of hydrogen-bond acceptors (Lipinski definition) is 5. The van der Waals surface area contributed by atoms with E-state index in [1.165, 1.54) is 47.9 Å². The molecule has 0 saturated carbocycles. The number of carbonyl (C=O) groups excluding carboxylic acids is 2. The van der Waals surface area contributed by atoms with Gasteiger partial charge in [-0.3, -0.25) is 4.79 Å². The van der Waals surface area contributed by atoms with Crippen molar-refractivity contribution in [2.45, 2.75) is 71.1 Å². The standard InChI is InChI=1S/C27H38O2.C4H6O.CH4O.CH2O/c1-4-5-6-7-23-8-10-24(11-9-23)12-13-25-14-16-26(17-15-25)27(18-19-29-3)20-22(2)21-28;1-4(2)3-5;2*1-2/h8-11,14-17,27-28H,2,4-7,12-13,18-21H2,1,3H3;3H,1H2,2H3;2H,1H3;1H2. The van der Waals surface area contributed by atoms with Crippen molar-refractivity contribution in [3.63, 3.8) is 0 Å². The summed E-state index contributed by atoms with van der Waals surface area (Å²) < 4.78 is 5.26. The Labute approximate surface area is 231 Å². The first-order valence-corrected chi connectivity index (χ1v) is 13.2. The fourth-order valence-corrected chi connectivity index (χ4v) is 3.76. The second kappa shape index (κ2) is 25.8. The fourth-order valence-electron chi connectivity index (χ4n) is 3.76. The number of unbranched alkanes of at least 4 members (excludes halogenated alkanes) is 2. The van der Waals surface area contributed by atoms with Crippen molar-refractivity contribution in [3.05, 3.63) is 95.1 Å². The van der Waals surface area contributed by atoms with Gasteiger partial charge in [-0.15, -0.1) is 0 Å². The number of hydrogen-bond donors (Lipinski definition) is 2. The number of methoxy groups -OCH3 is 1. The van der Waals surface area contributed by atoms with E-state index in [1.54, 1.807) is 14.0 Å². The van der Waals surface area contributed by atoms with Crippen LogP contribution in [0, 0.1) is 0 Å². The van der Waals surface area contributed by atoms with Gasteiger partial charge in [0.1, 0.15) is 13.1 Å². The van der Waals surface area contributed by atoms with Crippen molar-refractivity contribution >= 4 is 13.1 Å². The highest BCUT2D eigenvalue weighted by Crippen LogP contribution is 2.27. The number of aliphatic hydroxyl groups excluding tert-OH is 2. The van der Waals surface area contributed by atoms with Gasteiger partial charge in [0.2, 0.25) is 0 Å². The largest absolute Gasteiger partial charge is 0.400 e. The minimum absolute atomic E-state index is 0.0545. The van der Waals surface area contributed by atoms with Crippen molar-refractivity contribution in [3.8, 4) is 0 Å². The van der Waals surface area contributed by atoms with Crippen molar-refractivity contribution in [2.75, 3.05) is 27.4 Å². The zero-order valence-corrected chi connectivity index (χ0v) is 24.1. The van der Waals surface area contributed by atoms with E-state index < -0.39 is 0 Å². The molecule has 0 radical (unpaired) electrons. The molecule has 0 saturated heterocycles. The fraction of sp³-hybridized carbons (Fsp3) is 0.455. The Balaban J connectivity index is 0. The Morgan fingerprint density at radius 1 is 0.895 bits per heavy atom. The molecule has 0 heterocycles. The molecular formula is C33H50O5. The third kappa shape index (κ3) is 18.4. The first-order valence-electron chi connectivity index (χ1n) is 13.2. The summed E-state index contributed by atoms with van der Waals surface area (Å²) in [5.74, 6) is 0.351. The maximum absolute atomic E-state index is 9.41. The molecule has 0 aliphatic rings. The molecule has 5 nitrogen and oxygen atoms in total. The third-order valence-electron chi connectivity index (χ3n) is 5.88. The van der Waals surface area contributed by atoms with Gasteiger partial charge < -0.3 is 19.7 Å². The monoisotopic (exact) mass is 526 g/mol. The van der Waals surface area contributed by atoms with E-state index >= 15 is 0 Å². The lowest BCUT2D eigenvalue weighted by Gasteiger charge is -2.18. The van der Waals surface area contributed by atoms with E-state index in [2.05, 4.69) is 68.6 Å². The van der Waals surface area contributed by atoms with Crippen LogP contribution in [0.25, 0.3) is 0 Å². The molecule has 0 aliphatic carbocycles. The maximum atomic E-state index is 9.41. The molecule has 2 aromatic carbocycles. The lowest BCUT2D eigenvalue weighted by atomic mass is 9.89. The van der Waals surface area contributed by atoms with Gasteiger partial charge in [0.05, 0.1) is 6.61 Å². The second-order valence-corrected chi connectivity index (χ2v) is 9.07. The molecule has 1 unspecified atom stereocenters. The molecule has 0 spiro atoms. The minimum Gasteiger partial charge on any atom is -0.400 e. The number of carbonyl (C=O) groups is 2. The lowest BCUT2D eigenvalue weighted by Crippen LogP contribution is -2.06. The van der Waals surface area contributed by atoms with Gasteiger partial charge in [0.25, 0.3) is 0 Å². The summed E-state index contributed by atoms with van der Waals surface area (Å²) >= 11 is 0. The highest BCUT2D eigenvalue weighted by molar-refractivity contribution is 5.70. The first kappa shape index (κ1) is 37.3. The molecular weight excluding hydrogens is 476 g/mol. The summed E-state index contributed by atoms with van der Waals surface area (Å²) in [6.45, 7) is 14.0. The quantitative estimate of drug-likeness (QED) is 0.121. The number of ether oxygens (including phenoxy) is 1. The van der Waals surface area contributed by atoms with Gasteiger partial charge in [0.15, 0.2) is 0 Å². The highest BCUT2D eigenvalue weighted by atomic mass is 16.5. The molecule has 0 aromatic heterocycles. The van der Waals surface area contributed by atoms with Gasteiger partial charge in [-0.1, -0.05) is 87.0 Å². The topological polar surface area (TPSA) is 83.8 Å². The van der Waals surface area contributed by atoms with Crippen LogP contribution in [0.5, 0.6) is 0 Å². The van der Waals surface area contributed by atoms with E-state index in [0.717, 1.165) is 51.3 Å². The predicted molar refractivity (Wildman–Crippen MR) is 160 cm³/mol. The Hall–Kier alpha value is -2.86. The van der Waals surface area contributed by atoms with Crippen molar-refractivity contribution in [1.29, 1.82) is 0 Å². The number of allylic oxidation sites excluding steroid dienone is 1. The third-order valence-corrected chi connectivity index (χ3v) is 5.88. The molecule has 5 heteroatoms. The van der Waals surface area contributed by atoms with Crippen LogP contribution in [0.3, 0.4) is 0 Å². The minimum atomic E-state index is 0.0545. The van der Waals surface area contributed by atoms with Crippen LogP contribution in [0.1, 0.15) is 74.1 Å². The van der Waals surface area contributed by atoms with Crippen LogP contribution in [0.4, 0.5) is 0 Å². The Morgan fingerprint density at radius 2 is 1.34 bits per heavy atom. The average molecular weight is 527 g/mol. The van der Waals surface area contributed by atoms with E-state index in [1.807, 2.05) is 6.79 Å². The lowest BCUT2D eigenvalue weighted by molar-refractivity contribution is -0.104. The second-order valence-electron chi connectivity index (χ2n) is 9.07. The molecule has 0 bridgehead atoms. The van der Waals surface area contributed by atoms with Gasteiger partial charge in [-0.25, -0.2) is 0 Å². The summed E-state index contributed by atoms with van der Waals surface area (Å²) in [6, 6.07) is 18.1. The van der Waals surface area contributed by atoms with Crippen molar-refractivity contribution < 1.29 is 24.5 Å². The molecule has 2 rings (SSSR count). The summed E-state index contributed by atoms with van der Waals surface area (Å²) in [7, 11) is 2.73. The molecule has 2 N–H and O–H groups in total. The van der Waals surface area contributed by atoms with E-state index in [-0.39, 0.29) is 6.61 Å². The van der Waals surface area contributed by atoms with Gasteiger partial charge in [-0.05, 0) is 79.2 Å². The first-order chi connectivity index (χ1) is 18.4. The molecule has 212 valence electrons. The summed E-state index contributed by atoms with van der Waals surface area (Å²) in [5, 5.41) is 16.3. The summed E-state index contributed by atoms with van der Waals surface area (Å²) in [6.07, 6.45) is 9.69. The van der Waals surface area contributed by atoms with Crippen LogP contribution in [0.2, 0.25) is 0 Å². The van der Waals surface area contributed by atoms with Crippen LogP contribution in [-0.4, -0.2) is 50.7 Å². The Morgan fingerprint density at radius 3 is 1.74 bits per heavy atom. The molecule has 0 fully saturated rings. The number of aliphatic hydroxyl groups is 2. The number of aldehydes is 1. The van der Waals surface area contributed by atoms with Gasteiger partial charge in [0, 0.05) is 20.8 Å². The normalized spacial score (nSPS) is 10.4. The van der Waals surface area contributed by atoms with Crippen LogP contribution in [-0.2, 0) is 33.6 Å². The van der Waals surface area contributed by atoms with Crippen LogP contribution >= 0.6 is 0 Å². The SMILES string of the molecule is C=C(C)C=O.C=C(CO)CC(CCOC)c1ccc(CCc2ccc(CCCCC)cc2)cc1.C=O.CO. The average Bonchev–Trinajstić information content (AvgIpc) is 2.97. The molecule has 38 heavy (non-hydrogen) atoms. The van der Waals surface area contributed by atoms with Gasteiger partial charge in [-0.2, -0.15) is 0 Å². The molecule has 0 amide bonds. The smallest absolute Gasteiger partial charge is 0.145 e. The van der Waals surface area contributed by atoms with Gasteiger partial charge >= 0.3 is 0 Å². The maximum Gasteiger partial charge on any atom is 0.145 e. The molecule has 0 aliphatic heterocycles. The molecule has 1 atom stereocenters. The van der Waals surface area contributed by atoms with E-state index in [0.29, 0.717) is 11.5 Å². The van der Waals surface area contributed by atoms with Crippen LogP contribution < -0.4 is 0 Å². The predicted octanol–water partition coefficient (Wildman–Crippen LogP) is 6.45. The van der Waals surface area contributed by atoms with Crippen molar-refractivity contribution in [1.82, 2.24) is 0 Å². The van der Waals surface area contributed by atoms with Crippen LogP contribution in [0.15, 0.2) is 72.8 Å². The van der Waals surface area contributed by atoms with E-state index in [4.69, 9.17) is 14.6 Å². The number of benzene rings is 2.